The van der Waals surface area contributed by atoms with E-state index in [0.717, 1.165) is 12.3 Å². The summed E-state index contributed by atoms with van der Waals surface area (Å²) in [4.78, 5) is 32.5. The molecule has 0 saturated carbocycles. The number of alkyl halides is 3. The van der Waals surface area contributed by atoms with Crippen molar-refractivity contribution in [1.29, 1.82) is 0 Å². The Labute approximate surface area is 131 Å². The highest BCUT2D eigenvalue weighted by atomic mass is 19.4. The number of nitrogens with zero attached hydrogens (tertiary/aromatic N) is 1. The monoisotopic (exact) mass is 347 g/mol. The summed E-state index contributed by atoms with van der Waals surface area (Å²) >= 11 is 0. The topological polar surface area (TPSA) is 120 Å². The lowest BCUT2D eigenvalue weighted by molar-refractivity contribution is -0.388. The molecule has 0 saturated heterocycles. The molecule has 1 heterocycles. The number of rotatable bonds is 3. The number of benzene rings is 1. The van der Waals surface area contributed by atoms with Crippen molar-refractivity contribution < 1.29 is 37.2 Å². The number of anilines is 1. The number of nitro benzene ring substituents is 1. The Kier molecular flexibility index (Phi) is 4.57. The minimum atomic E-state index is -4.99. The number of halogens is 3. The Hall–Kier alpha value is -3.31. The van der Waals surface area contributed by atoms with Gasteiger partial charge in [0.15, 0.2) is 0 Å². The number of amides is 3. The van der Waals surface area contributed by atoms with Crippen LogP contribution in [-0.2, 0) is 20.4 Å². The zero-order chi connectivity index (χ0) is 17.9. The number of nitro groups is 1. The molecule has 2 rings (SSSR count). The van der Waals surface area contributed by atoms with Crippen molar-refractivity contribution in [2.75, 3.05) is 12.1 Å². The number of carbonyl (C=O) groups is 2. The van der Waals surface area contributed by atoms with Gasteiger partial charge in [-0.2, -0.15) is 13.2 Å². The first-order valence-corrected chi connectivity index (χ1v) is 6.11. The van der Waals surface area contributed by atoms with Crippen molar-refractivity contribution in [2.45, 2.75) is 6.18 Å². The average Bonchev–Trinajstić information content (AvgIpc) is 3.00. The van der Waals surface area contributed by atoms with E-state index >= 15 is 0 Å². The van der Waals surface area contributed by atoms with E-state index in [0.29, 0.717) is 12.1 Å². The molecule has 1 aliphatic heterocycles. The molecular formula is C12H8F3N3O6. The van der Waals surface area contributed by atoms with Gasteiger partial charge >= 0.3 is 12.2 Å². The van der Waals surface area contributed by atoms with Crippen LogP contribution >= 0.6 is 0 Å². The number of ether oxygens (including phenoxy) is 2. The van der Waals surface area contributed by atoms with Crippen LogP contribution in [0.2, 0.25) is 0 Å². The fourth-order valence-corrected chi connectivity index (χ4v) is 1.69. The number of imide groups is 1. The molecule has 128 valence electrons. The van der Waals surface area contributed by atoms with Gasteiger partial charge in [0, 0.05) is 11.8 Å². The molecule has 2 N–H and O–H groups in total. The SMILES string of the molecule is O=C(NC(=O)C1=COCO1)Nc1ccc([N+](=O)[O-])c(C(F)(F)F)c1. The van der Waals surface area contributed by atoms with Gasteiger partial charge in [-0.15, -0.1) is 0 Å². The second-order valence-electron chi connectivity index (χ2n) is 4.31. The first-order valence-electron chi connectivity index (χ1n) is 6.11. The normalized spacial score (nSPS) is 13.4. The van der Waals surface area contributed by atoms with Crippen molar-refractivity contribution in [3.8, 4) is 0 Å². The highest BCUT2D eigenvalue weighted by Gasteiger charge is 2.38. The summed E-state index contributed by atoms with van der Waals surface area (Å²) in [5, 5.41) is 14.4. The van der Waals surface area contributed by atoms with Crippen molar-refractivity contribution in [2.24, 2.45) is 0 Å². The van der Waals surface area contributed by atoms with Gasteiger partial charge in [-0.3, -0.25) is 20.2 Å². The molecule has 1 aromatic carbocycles. The summed E-state index contributed by atoms with van der Waals surface area (Å²) < 4.78 is 47.7. The minimum Gasteiger partial charge on any atom is -0.461 e. The van der Waals surface area contributed by atoms with Crippen LogP contribution in [-0.4, -0.2) is 23.7 Å². The quantitative estimate of drug-likeness (QED) is 0.638. The zero-order valence-corrected chi connectivity index (χ0v) is 11.5. The summed E-state index contributed by atoms with van der Waals surface area (Å²) in [6.45, 7) is -0.207. The van der Waals surface area contributed by atoms with Crippen LogP contribution in [0.5, 0.6) is 0 Å². The van der Waals surface area contributed by atoms with Gasteiger partial charge in [-0.25, -0.2) is 4.79 Å². The van der Waals surface area contributed by atoms with E-state index < -0.39 is 40.0 Å². The van der Waals surface area contributed by atoms with Crippen molar-refractivity contribution in [3.63, 3.8) is 0 Å². The highest BCUT2D eigenvalue weighted by Crippen LogP contribution is 2.37. The number of hydrogen-bond acceptors (Lipinski definition) is 6. The third-order valence-electron chi connectivity index (χ3n) is 2.68. The molecule has 1 aromatic rings. The number of carbonyl (C=O) groups excluding carboxylic acids is 2. The molecule has 0 bridgehead atoms. The van der Waals surface area contributed by atoms with E-state index in [1.807, 2.05) is 5.32 Å². The second kappa shape index (κ2) is 6.44. The Bertz CT molecular complexity index is 731. The molecule has 9 nitrogen and oxygen atoms in total. The van der Waals surface area contributed by atoms with Crippen LogP contribution in [0.25, 0.3) is 0 Å². The van der Waals surface area contributed by atoms with Gasteiger partial charge in [0.2, 0.25) is 12.6 Å². The maximum Gasteiger partial charge on any atom is 0.423 e. The van der Waals surface area contributed by atoms with Crippen LogP contribution in [0.3, 0.4) is 0 Å². The lowest BCUT2D eigenvalue weighted by Gasteiger charge is -2.11. The van der Waals surface area contributed by atoms with Gasteiger partial charge in [0.05, 0.1) is 4.92 Å². The highest BCUT2D eigenvalue weighted by molar-refractivity contribution is 6.06. The van der Waals surface area contributed by atoms with Gasteiger partial charge < -0.3 is 14.8 Å². The summed E-state index contributed by atoms with van der Waals surface area (Å²) in [7, 11) is 0. The second-order valence-corrected chi connectivity index (χ2v) is 4.31. The molecule has 0 aliphatic carbocycles. The average molecular weight is 347 g/mol. The van der Waals surface area contributed by atoms with E-state index in [9.17, 15) is 32.9 Å². The Morgan fingerprint density at radius 2 is 2.00 bits per heavy atom. The van der Waals surface area contributed by atoms with Crippen molar-refractivity contribution >= 4 is 23.3 Å². The summed E-state index contributed by atoms with van der Waals surface area (Å²) in [5.74, 6) is -1.26. The lowest BCUT2D eigenvalue weighted by atomic mass is 10.1. The third-order valence-corrected chi connectivity index (χ3v) is 2.68. The van der Waals surface area contributed by atoms with Crippen molar-refractivity contribution in [1.82, 2.24) is 5.32 Å². The van der Waals surface area contributed by atoms with Gasteiger partial charge in [-0.1, -0.05) is 0 Å². The van der Waals surface area contributed by atoms with Crippen LogP contribution in [0.1, 0.15) is 5.56 Å². The molecule has 0 spiro atoms. The molecule has 0 atom stereocenters. The maximum absolute atomic E-state index is 12.8. The first-order chi connectivity index (χ1) is 11.2. The van der Waals surface area contributed by atoms with Gasteiger partial charge in [-0.05, 0) is 12.1 Å². The Balaban J connectivity index is 2.13. The van der Waals surface area contributed by atoms with Crippen molar-refractivity contribution in [3.05, 3.63) is 45.9 Å². The largest absolute Gasteiger partial charge is 0.461 e. The summed E-state index contributed by atoms with van der Waals surface area (Å²) in [6, 6.07) is 0.720. The Morgan fingerprint density at radius 3 is 2.54 bits per heavy atom. The van der Waals surface area contributed by atoms with Crippen LogP contribution in [0, 0.1) is 10.1 Å². The van der Waals surface area contributed by atoms with Gasteiger partial charge in [0.1, 0.15) is 11.8 Å². The fourth-order valence-electron chi connectivity index (χ4n) is 1.69. The molecular weight excluding hydrogens is 339 g/mol. The number of nitrogens with one attached hydrogen (secondary N) is 2. The van der Waals surface area contributed by atoms with Gasteiger partial charge in [0.25, 0.3) is 11.6 Å². The molecule has 0 fully saturated rings. The minimum absolute atomic E-state index is 0.207. The summed E-state index contributed by atoms with van der Waals surface area (Å²) in [5.41, 5.74) is -3.09. The smallest absolute Gasteiger partial charge is 0.423 e. The molecule has 0 radical (unpaired) electrons. The lowest BCUT2D eigenvalue weighted by Crippen LogP contribution is -2.35. The Morgan fingerprint density at radius 1 is 1.29 bits per heavy atom. The maximum atomic E-state index is 12.8. The zero-order valence-electron chi connectivity index (χ0n) is 11.5. The molecule has 12 heteroatoms. The van der Waals surface area contributed by atoms with E-state index in [2.05, 4.69) is 4.74 Å². The number of hydrogen-bond donors (Lipinski definition) is 2. The molecule has 24 heavy (non-hydrogen) atoms. The first kappa shape index (κ1) is 17.1. The molecule has 3 amide bonds. The van der Waals surface area contributed by atoms with Crippen LogP contribution < -0.4 is 10.6 Å². The predicted molar refractivity (Wildman–Crippen MR) is 70.4 cm³/mol. The fraction of sp³-hybridized carbons (Fsp3) is 0.167. The van der Waals surface area contributed by atoms with E-state index in [4.69, 9.17) is 4.74 Å². The third kappa shape index (κ3) is 3.91. The van der Waals surface area contributed by atoms with Crippen LogP contribution in [0.15, 0.2) is 30.2 Å². The molecule has 1 aliphatic rings. The molecule has 0 aromatic heterocycles. The van der Waals surface area contributed by atoms with E-state index in [1.54, 1.807) is 5.32 Å². The summed E-state index contributed by atoms with van der Waals surface area (Å²) in [6.07, 6.45) is -4.04. The van der Waals surface area contributed by atoms with Crippen LogP contribution in [0.4, 0.5) is 29.3 Å². The predicted octanol–water partition coefficient (Wildman–Crippen LogP) is 2.11. The number of urea groups is 1. The molecule has 0 unspecified atom stereocenters. The van der Waals surface area contributed by atoms with E-state index in [1.165, 1.54) is 0 Å². The standard InChI is InChI=1S/C12H8F3N3O6/c13-12(14,15)7-3-6(1-2-8(7)18(21)22)16-11(20)17-10(19)9-4-23-5-24-9/h1-4H,5H2,(H2,16,17,19,20). The van der Waals surface area contributed by atoms with E-state index in [-0.39, 0.29) is 12.6 Å².